The first-order valence-electron chi connectivity index (χ1n) is 8.90. The molecule has 0 unspecified atom stereocenters. The molecule has 2 amide bonds. The predicted molar refractivity (Wildman–Crippen MR) is 106 cm³/mol. The second-order valence-corrected chi connectivity index (χ2v) is 6.28. The highest BCUT2D eigenvalue weighted by Gasteiger charge is 2.10. The maximum Gasteiger partial charge on any atom is 0.306 e. The minimum absolute atomic E-state index is 0.00853. The third-order valence-corrected chi connectivity index (χ3v) is 3.81. The molecule has 0 saturated heterocycles. The Morgan fingerprint density at radius 1 is 0.966 bits per heavy atom. The number of aryl methyl sites for hydroxylation is 1. The molecule has 2 N–H and O–H groups in total. The third kappa shape index (κ3) is 7.79. The van der Waals surface area contributed by atoms with Gasteiger partial charge < -0.3 is 15.4 Å². The molecule has 0 bridgehead atoms. The quantitative estimate of drug-likeness (QED) is 0.379. The van der Waals surface area contributed by atoms with Gasteiger partial charge in [0.05, 0.1) is 4.92 Å². The molecule has 2 rings (SSSR count). The first-order valence-corrected chi connectivity index (χ1v) is 8.90. The van der Waals surface area contributed by atoms with E-state index in [-0.39, 0.29) is 30.9 Å². The molecule has 0 saturated carbocycles. The first-order chi connectivity index (χ1) is 13.8. The monoisotopic (exact) mass is 399 g/mol. The van der Waals surface area contributed by atoms with E-state index in [4.69, 9.17) is 4.74 Å². The van der Waals surface area contributed by atoms with Gasteiger partial charge in [0.2, 0.25) is 5.91 Å². The van der Waals surface area contributed by atoms with Crippen molar-refractivity contribution in [1.82, 2.24) is 0 Å². The van der Waals surface area contributed by atoms with E-state index in [2.05, 4.69) is 10.6 Å². The molecule has 152 valence electrons. The smallest absolute Gasteiger partial charge is 0.306 e. The molecular formula is C20H21N3O6. The molecule has 0 fully saturated rings. The number of rotatable bonds is 9. The lowest BCUT2D eigenvalue weighted by Gasteiger charge is -2.07. The number of carbonyl (C=O) groups is 3. The molecule has 0 aliphatic rings. The van der Waals surface area contributed by atoms with Crippen LogP contribution in [0.4, 0.5) is 17.1 Å². The Kier molecular flexibility index (Phi) is 7.84. The van der Waals surface area contributed by atoms with Crippen LogP contribution in [0.25, 0.3) is 0 Å². The maximum atomic E-state index is 11.8. The van der Waals surface area contributed by atoms with Crippen molar-refractivity contribution in [3.63, 3.8) is 0 Å². The number of nitro benzene ring substituents is 1. The first kappa shape index (κ1) is 21.5. The van der Waals surface area contributed by atoms with E-state index in [1.54, 1.807) is 18.2 Å². The lowest BCUT2D eigenvalue weighted by Crippen LogP contribution is -2.21. The second kappa shape index (κ2) is 10.5. The van der Waals surface area contributed by atoms with Crippen molar-refractivity contribution in [3.05, 3.63) is 64.2 Å². The molecule has 2 aromatic rings. The molecule has 2 aromatic carbocycles. The van der Waals surface area contributed by atoms with Crippen LogP contribution in [0.5, 0.6) is 0 Å². The van der Waals surface area contributed by atoms with Gasteiger partial charge in [-0.25, -0.2) is 0 Å². The van der Waals surface area contributed by atoms with Crippen molar-refractivity contribution in [2.24, 2.45) is 0 Å². The zero-order chi connectivity index (χ0) is 21.2. The Morgan fingerprint density at radius 3 is 2.31 bits per heavy atom. The average Bonchev–Trinajstić information content (AvgIpc) is 2.67. The molecular weight excluding hydrogens is 378 g/mol. The Hall–Kier alpha value is -3.75. The molecule has 29 heavy (non-hydrogen) atoms. The summed E-state index contributed by atoms with van der Waals surface area (Å²) >= 11 is 0. The van der Waals surface area contributed by atoms with Gasteiger partial charge in [-0.2, -0.15) is 0 Å². The van der Waals surface area contributed by atoms with Gasteiger partial charge >= 0.3 is 5.97 Å². The molecule has 9 nitrogen and oxygen atoms in total. The van der Waals surface area contributed by atoms with Crippen molar-refractivity contribution < 1.29 is 24.0 Å². The highest BCUT2D eigenvalue weighted by atomic mass is 16.6. The summed E-state index contributed by atoms with van der Waals surface area (Å²) in [4.78, 5) is 45.4. The number of esters is 1. The van der Waals surface area contributed by atoms with Crippen LogP contribution in [0.15, 0.2) is 48.5 Å². The number of anilines is 2. The largest absolute Gasteiger partial charge is 0.456 e. The summed E-state index contributed by atoms with van der Waals surface area (Å²) in [6, 6.07) is 12.7. The Labute approximate surface area is 167 Å². The number of benzene rings is 2. The van der Waals surface area contributed by atoms with Crippen LogP contribution in [-0.2, 0) is 19.1 Å². The van der Waals surface area contributed by atoms with Gasteiger partial charge in [-0.15, -0.1) is 0 Å². The van der Waals surface area contributed by atoms with Crippen molar-refractivity contribution in [1.29, 1.82) is 0 Å². The van der Waals surface area contributed by atoms with Gasteiger partial charge in [0.25, 0.3) is 11.6 Å². The summed E-state index contributed by atoms with van der Waals surface area (Å²) in [6.07, 6.45) is 0.310. The van der Waals surface area contributed by atoms with Crippen LogP contribution in [-0.4, -0.2) is 29.3 Å². The number of amides is 2. The fourth-order valence-corrected chi connectivity index (χ4v) is 2.42. The molecule has 0 radical (unpaired) electrons. The van der Waals surface area contributed by atoms with Gasteiger partial charge in [0, 0.05) is 36.3 Å². The standard InChI is InChI=1S/C20H21N3O6/c1-14-4-2-5-16(12-14)22-19(25)13-29-20(26)7-3-6-18(24)21-15-8-10-17(11-9-15)23(27)28/h2,4-5,8-12H,3,6-7,13H2,1H3,(H,21,24)(H,22,25). The summed E-state index contributed by atoms with van der Waals surface area (Å²) in [5.41, 5.74) is 1.97. The van der Waals surface area contributed by atoms with Gasteiger partial charge in [0.1, 0.15) is 0 Å². The number of hydrogen-bond acceptors (Lipinski definition) is 6. The fraction of sp³-hybridized carbons (Fsp3) is 0.250. The van der Waals surface area contributed by atoms with E-state index in [0.717, 1.165) is 5.56 Å². The number of ether oxygens (including phenoxy) is 1. The summed E-state index contributed by atoms with van der Waals surface area (Å²) in [6.45, 7) is 1.50. The van der Waals surface area contributed by atoms with Crippen molar-refractivity contribution >= 4 is 34.8 Å². The van der Waals surface area contributed by atoms with Crippen LogP contribution in [0.3, 0.4) is 0 Å². The van der Waals surface area contributed by atoms with E-state index in [0.29, 0.717) is 11.4 Å². The molecule has 0 aliphatic carbocycles. The molecule has 0 aliphatic heterocycles. The van der Waals surface area contributed by atoms with Gasteiger partial charge in [-0.3, -0.25) is 24.5 Å². The fourth-order valence-electron chi connectivity index (χ4n) is 2.42. The van der Waals surface area contributed by atoms with Gasteiger partial charge in [0.15, 0.2) is 6.61 Å². The van der Waals surface area contributed by atoms with Crippen molar-refractivity contribution in [2.45, 2.75) is 26.2 Å². The van der Waals surface area contributed by atoms with Crippen LogP contribution >= 0.6 is 0 Å². The Morgan fingerprint density at radius 2 is 1.66 bits per heavy atom. The minimum Gasteiger partial charge on any atom is -0.456 e. The van der Waals surface area contributed by atoms with Crippen LogP contribution < -0.4 is 10.6 Å². The van der Waals surface area contributed by atoms with Crippen LogP contribution in [0, 0.1) is 17.0 Å². The summed E-state index contributed by atoms with van der Waals surface area (Å²) < 4.78 is 4.90. The van der Waals surface area contributed by atoms with Gasteiger partial charge in [-0.05, 0) is 43.2 Å². The number of nitrogens with one attached hydrogen (secondary N) is 2. The van der Waals surface area contributed by atoms with E-state index in [1.165, 1.54) is 24.3 Å². The lowest BCUT2D eigenvalue weighted by molar-refractivity contribution is -0.384. The second-order valence-electron chi connectivity index (χ2n) is 6.28. The highest BCUT2D eigenvalue weighted by Crippen LogP contribution is 2.16. The topological polar surface area (TPSA) is 128 Å². The molecule has 0 heterocycles. The minimum atomic E-state index is -0.576. The molecule has 9 heteroatoms. The number of nitrogens with zero attached hydrogens (tertiary/aromatic N) is 1. The zero-order valence-electron chi connectivity index (χ0n) is 15.8. The van der Waals surface area contributed by atoms with Crippen molar-refractivity contribution in [3.8, 4) is 0 Å². The lowest BCUT2D eigenvalue weighted by atomic mass is 10.2. The van der Waals surface area contributed by atoms with Crippen LogP contribution in [0.1, 0.15) is 24.8 Å². The van der Waals surface area contributed by atoms with Gasteiger partial charge in [-0.1, -0.05) is 12.1 Å². The van der Waals surface area contributed by atoms with E-state index < -0.39 is 23.4 Å². The SMILES string of the molecule is Cc1cccc(NC(=O)COC(=O)CCCC(=O)Nc2ccc([N+](=O)[O-])cc2)c1. The summed E-state index contributed by atoms with van der Waals surface area (Å²) in [5, 5.41) is 15.8. The number of hydrogen-bond donors (Lipinski definition) is 2. The number of nitro groups is 1. The van der Waals surface area contributed by atoms with E-state index in [1.807, 2.05) is 13.0 Å². The zero-order valence-corrected chi connectivity index (χ0v) is 15.8. The third-order valence-electron chi connectivity index (χ3n) is 3.81. The number of carbonyl (C=O) groups excluding carboxylic acids is 3. The molecule has 0 aromatic heterocycles. The Bertz CT molecular complexity index is 895. The maximum absolute atomic E-state index is 11.8. The normalized spacial score (nSPS) is 10.1. The highest BCUT2D eigenvalue weighted by molar-refractivity contribution is 5.93. The summed E-state index contributed by atoms with van der Waals surface area (Å²) in [5.74, 6) is -1.35. The Balaban J connectivity index is 1.64. The molecule has 0 atom stereocenters. The van der Waals surface area contributed by atoms with Crippen molar-refractivity contribution in [2.75, 3.05) is 17.2 Å². The molecule has 0 spiro atoms. The van der Waals surface area contributed by atoms with E-state index in [9.17, 15) is 24.5 Å². The van der Waals surface area contributed by atoms with Crippen LogP contribution in [0.2, 0.25) is 0 Å². The summed E-state index contributed by atoms with van der Waals surface area (Å²) in [7, 11) is 0. The van der Waals surface area contributed by atoms with E-state index >= 15 is 0 Å². The number of non-ortho nitro benzene ring substituents is 1. The predicted octanol–water partition coefficient (Wildman–Crippen LogP) is 3.19. The average molecular weight is 399 g/mol.